The van der Waals surface area contributed by atoms with E-state index in [0.717, 1.165) is 23.5 Å². The van der Waals surface area contributed by atoms with Crippen LogP contribution in [0.1, 0.15) is 57.9 Å². The molecule has 2 aromatic rings. The van der Waals surface area contributed by atoms with Crippen LogP contribution in [0.2, 0.25) is 0 Å². The molecule has 0 aromatic heterocycles. The lowest BCUT2D eigenvalue weighted by Gasteiger charge is -2.07. The topological polar surface area (TPSA) is 71.3 Å². The molecule has 0 aliphatic carbocycles. The van der Waals surface area contributed by atoms with Crippen molar-refractivity contribution in [2.24, 2.45) is 0 Å². The molecule has 31 heavy (non-hydrogen) atoms. The van der Waals surface area contributed by atoms with Gasteiger partial charge in [-0.25, -0.2) is 0 Å². The number of benzene rings is 2. The van der Waals surface area contributed by atoms with Gasteiger partial charge in [-0.1, -0.05) is 51.2 Å². The van der Waals surface area contributed by atoms with E-state index in [-0.39, 0.29) is 5.57 Å². The zero-order valence-corrected chi connectivity index (χ0v) is 18.5. The van der Waals surface area contributed by atoms with Crippen LogP contribution < -0.4 is 14.8 Å². The summed E-state index contributed by atoms with van der Waals surface area (Å²) < 4.78 is 11.2. The van der Waals surface area contributed by atoms with Crippen molar-refractivity contribution in [3.63, 3.8) is 0 Å². The van der Waals surface area contributed by atoms with Gasteiger partial charge < -0.3 is 14.8 Å². The molecule has 0 saturated carbocycles. The number of unbranched alkanes of at least 4 members (excludes halogenated alkanes) is 5. The third kappa shape index (κ3) is 8.96. The summed E-state index contributed by atoms with van der Waals surface area (Å²) in [6.07, 6.45) is 8.93. The van der Waals surface area contributed by atoms with Gasteiger partial charge in [0.1, 0.15) is 23.1 Å². The number of nitrogens with zero attached hydrogens (tertiary/aromatic N) is 1. The predicted molar refractivity (Wildman–Crippen MR) is 125 cm³/mol. The van der Waals surface area contributed by atoms with E-state index in [0.29, 0.717) is 18.9 Å². The summed E-state index contributed by atoms with van der Waals surface area (Å²) >= 11 is 0. The number of hydrogen-bond donors (Lipinski definition) is 1. The van der Waals surface area contributed by atoms with E-state index < -0.39 is 5.91 Å². The lowest BCUT2D eigenvalue weighted by molar-refractivity contribution is -0.112. The van der Waals surface area contributed by atoms with E-state index in [1.54, 1.807) is 30.3 Å². The number of amides is 1. The summed E-state index contributed by atoms with van der Waals surface area (Å²) in [7, 11) is 0. The normalized spacial score (nSPS) is 10.9. The fourth-order valence-electron chi connectivity index (χ4n) is 3.05. The number of nitrogens with one attached hydrogen (secondary N) is 1. The highest BCUT2D eigenvalue weighted by molar-refractivity contribution is 6.09. The number of ether oxygens (including phenoxy) is 2. The maximum absolute atomic E-state index is 12.4. The van der Waals surface area contributed by atoms with Crippen LogP contribution in [0.4, 0.5) is 5.69 Å². The molecular formula is C26H32N2O3. The summed E-state index contributed by atoms with van der Waals surface area (Å²) in [5, 5.41) is 12.1. The standard InChI is InChI=1S/C26H32N2O3/c1-3-5-6-7-8-9-18-31-25-14-10-21(11-15-25)19-22(20-27)26(29)28-23-12-16-24(17-13-23)30-4-2/h10-17,19H,3-9,18H2,1-2H3,(H,28,29)/b22-19+. The molecule has 1 amide bonds. The van der Waals surface area contributed by atoms with E-state index in [9.17, 15) is 10.1 Å². The highest BCUT2D eigenvalue weighted by atomic mass is 16.5. The quantitative estimate of drug-likeness (QED) is 0.232. The van der Waals surface area contributed by atoms with Crippen molar-refractivity contribution >= 4 is 17.7 Å². The van der Waals surface area contributed by atoms with Gasteiger partial charge in [-0.15, -0.1) is 0 Å². The molecule has 5 heteroatoms. The van der Waals surface area contributed by atoms with E-state index >= 15 is 0 Å². The van der Waals surface area contributed by atoms with Gasteiger partial charge in [0, 0.05) is 5.69 Å². The van der Waals surface area contributed by atoms with Crippen molar-refractivity contribution in [2.75, 3.05) is 18.5 Å². The third-order valence-electron chi connectivity index (χ3n) is 4.75. The number of rotatable bonds is 13. The first-order valence-corrected chi connectivity index (χ1v) is 11.0. The molecule has 0 heterocycles. The summed E-state index contributed by atoms with van der Waals surface area (Å²) in [6.45, 7) is 5.41. The van der Waals surface area contributed by atoms with Gasteiger partial charge >= 0.3 is 0 Å². The Morgan fingerprint density at radius 3 is 2.16 bits per heavy atom. The Morgan fingerprint density at radius 2 is 1.52 bits per heavy atom. The van der Waals surface area contributed by atoms with E-state index in [4.69, 9.17) is 9.47 Å². The van der Waals surface area contributed by atoms with Gasteiger partial charge in [0.25, 0.3) is 5.91 Å². The highest BCUT2D eigenvalue weighted by Gasteiger charge is 2.10. The molecule has 0 saturated heterocycles. The number of anilines is 1. The molecule has 0 fully saturated rings. The summed E-state index contributed by atoms with van der Waals surface area (Å²) in [5.41, 5.74) is 1.41. The Kier molecular flexibility index (Phi) is 10.7. The second-order valence-electron chi connectivity index (χ2n) is 7.27. The molecule has 164 valence electrons. The van der Waals surface area contributed by atoms with E-state index in [1.165, 1.54) is 32.1 Å². The smallest absolute Gasteiger partial charge is 0.266 e. The van der Waals surface area contributed by atoms with E-state index in [2.05, 4.69) is 12.2 Å². The summed E-state index contributed by atoms with van der Waals surface area (Å²) in [5.74, 6) is 1.08. The third-order valence-corrected chi connectivity index (χ3v) is 4.75. The molecule has 2 rings (SSSR count). The molecule has 5 nitrogen and oxygen atoms in total. The molecule has 0 aliphatic heterocycles. The monoisotopic (exact) mass is 420 g/mol. The minimum atomic E-state index is -0.449. The lowest BCUT2D eigenvalue weighted by Crippen LogP contribution is -2.13. The van der Waals surface area contributed by atoms with Crippen LogP contribution in [0.25, 0.3) is 6.08 Å². The number of carbonyl (C=O) groups is 1. The zero-order valence-electron chi connectivity index (χ0n) is 18.5. The van der Waals surface area contributed by atoms with Crippen molar-refractivity contribution in [1.29, 1.82) is 5.26 Å². The molecule has 0 bridgehead atoms. The Balaban J connectivity index is 1.85. The fraction of sp³-hybridized carbons (Fsp3) is 0.385. The lowest BCUT2D eigenvalue weighted by atomic mass is 10.1. The molecule has 0 spiro atoms. The maximum Gasteiger partial charge on any atom is 0.266 e. The highest BCUT2D eigenvalue weighted by Crippen LogP contribution is 2.18. The first-order chi connectivity index (χ1) is 15.2. The fourth-order valence-corrected chi connectivity index (χ4v) is 3.05. The Labute approximate surface area is 185 Å². The number of hydrogen-bond acceptors (Lipinski definition) is 4. The predicted octanol–water partition coefficient (Wildman–Crippen LogP) is 6.37. The minimum Gasteiger partial charge on any atom is -0.494 e. The minimum absolute atomic E-state index is 0.0367. The van der Waals surface area contributed by atoms with Crippen LogP contribution in [0.3, 0.4) is 0 Å². The average Bonchev–Trinajstić information content (AvgIpc) is 2.79. The van der Waals surface area contributed by atoms with Gasteiger partial charge in [0.15, 0.2) is 0 Å². The average molecular weight is 421 g/mol. The largest absolute Gasteiger partial charge is 0.494 e. The second kappa shape index (κ2) is 13.9. The van der Waals surface area contributed by atoms with Crippen molar-refractivity contribution < 1.29 is 14.3 Å². The Morgan fingerprint density at radius 1 is 0.903 bits per heavy atom. The first-order valence-electron chi connectivity index (χ1n) is 11.0. The molecule has 0 atom stereocenters. The van der Waals surface area contributed by atoms with Crippen LogP contribution in [-0.4, -0.2) is 19.1 Å². The van der Waals surface area contributed by atoms with Gasteiger partial charge in [-0.2, -0.15) is 5.26 Å². The maximum atomic E-state index is 12.4. The second-order valence-corrected chi connectivity index (χ2v) is 7.27. The van der Waals surface area contributed by atoms with Gasteiger partial charge in [-0.05, 0) is 61.4 Å². The van der Waals surface area contributed by atoms with Crippen LogP contribution in [-0.2, 0) is 4.79 Å². The summed E-state index contributed by atoms with van der Waals surface area (Å²) in [6, 6.07) is 16.4. The van der Waals surface area contributed by atoms with Crippen LogP contribution in [0.15, 0.2) is 54.1 Å². The zero-order chi connectivity index (χ0) is 22.3. The molecule has 0 unspecified atom stereocenters. The van der Waals surface area contributed by atoms with E-state index in [1.807, 2.05) is 37.3 Å². The Hall–Kier alpha value is -3.26. The van der Waals surface area contributed by atoms with Gasteiger partial charge in [0.05, 0.1) is 13.2 Å². The van der Waals surface area contributed by atoms with Gasteiger partial charge in [-0.3, -0.25) is 4.79 Å². The van der Waals surface area contributed by atoms with Crippen LogP contribution >= 0.6 is 0 Å². The molecule has 0 aliphatic rings. The SMILES string of the molecule is CCCCCCCCOc1ccc(/C=C(\C#N)C(=O)Nc2ccc(OCC)cc2)cc1. The molecular weight excluding hydrogens is 388 g/mol. The molecule has 2 aromatic carbocycles. The number of carbonyl (C=O) groups excluding carboxylic acids is 1. The van der Waals surface area contributed by atoms with Gasteiger partial charge in [0.2, 0.25) is 0 Å². The Bertz CT molecular complexity index is 865. The number of nitriles is 1. The summed E-state index contributed by atoms with van der Waals surface area (Å²) in [4.78, 5) is 12.4. The van der Waals surface area contributed by atoms with Crippen molar-refractivity contribution in [1.82, 2.24) is 0 Å². The van der Waals surface area contributed by atoms with Crippen LogP contribution in [0, 0.1) is 11.3 Å². The van der Waals surface area contributed by atoms with Crippen molar-refractivity contribution in [2.45, 2.75) is 52.4 Å². The first kappa shape index (κ1) is 24.0. The molecule has 1 N–H and O–H groups in total. The van der Waals surface area contributed by atoms with Crippen molar-refractivity contribution in [3.8, 4) is 17.6 Å². The molecule has 0 radical (unpaired) electrons. The van der Waals surface area contributed by atoms with Crippen LogP contribution in [0.5, 0.6) is 11.5 Å². The van der Waals surface area contributed by atoms with Crippen molar-refractivity contribution in [3.05, 3.63) is 59.7 Å².